The Hall–Kier alpha value is -3.42. The Bertz CT molecular complexity index is 1110. The van der Waals surface area contributed by atoms with Crippen LogP contribution in [0.2, 0.25) is 0 Å². The summed E-state index contributed by atoms with van der Waals surface area (Å²) in [6.07, 6.45) is 0.428. The van der Waals surface area contributed by atoms with E-state index in [2.05, 4.69) is 29.8 Å². The highest BCUT2D eigenvalue weighted by atomic mass is 79.9. The molecular formula is C25H29BrN6O3. The number of fused-ring (bicyclic) bond motifs is 1. The molecule has 184 valence electrons. The summed E-state index contributed by atoms with van der Waals surface area (Å²) >= 11 is 3.44. The van der Waals surface area contributed by atoms with E-state index in [0.717, 1.165) is 10.0 Å². The van der Waals surface area contributed by atoms with Crippen molar-refractivity contribution in [2.75, 3.05) is 19.6 Å². The highest BCUT2D eigenvalue weighted by molar-refractivity contribution is 9.10. The molecule has 2 aromatic rings. The predicted octanol–water partition coefficient (Wildman–Crippen LogP) is 3.24. The maximum Gasteiger partial charge on any atom is 0.331 e. The van der Waals surface area contributed by atoms with Crippen molar-refractivity contribution in [1.29, 1.82) is 5.26 Å². The summed E-state index contributed by atoms with van der Waals surface area (Å²) in [7, 11) is 0. The van der Waals surface area contributed by atoms with Crippen LogP contribution in [-0.4, -0.2) is 63.5 Å². The van der Waals surface area contributed by atoms with Gasteiger partial charge in [-0.1, -0.05) is 78.7 Å². The number of primary amides is 1. The summed E-state index contributed by atoms with van der Waals surface area (Å²) in [4.78, 5) is 42.2. The number of rotatable bonds is 4. The zero-order valence-corrected chi connectivity index (χ0v) is 21.4. The number of hydrazine groups is 1. The average Bonchev–Trinajstić information content (AvgIpc) is 2.81. The van der Waals surface area contributed by atoms with Gasteiger partial charge in [0.1, 0.15) is 18.8 Å². The molecule has 1 unspecified atom stereocenters. The first-order valence-corrected chi connectivity index (χ1v) is 12.2. The minimum atomic E-state index is -0.902. The molecule has 9 nitrogen and oxygen atoms in total. The first-order valence-electron chi connectivity index (χ1n) is 11.4. The number of nitrogens with two attached hydrogens (primary N) is 1. The fourth-order valence-electron chi connectivity index (χ4n) is 4.28. The van der Waals surface area contributed by atoms with Crippen molar-refractivity contribution in [1.82, 2.24) is 19.8 Å². The van der Waals surface area contributed by atoms with Crippen molar-refractivity contribution in [2.45, 2.75) is 39.0 Å². The van der Waals surface area contributed by atoms with Crippen LogP contribution >= 0.6 is 15.9 Å². The molecule has 0 bridgehead atoms. The number of urea groups is 1. The molecule has 0 radical (unpaired) electrons. The largest absolute Gasteiger partial charge is 0.350 e. The monoisotopic (exact) mass is 540 g/mol. The number of piperazine rings is 1. The van der Waals surface area contributed by atoms with Crippen molar-refractivity contribution >= 4 is 33.8 Å². The Labute approximate surface area is 213 Å². The third-order valence-corrected chi connectivity index (χ3v) is 6.07. The lowest BCUT2D eigenvalue weighted by atomic mass is 9.98. The molecule has 2 aliphatic rings. The van der Waals surface area contributed by atoms with E-state index in [0.29, 0.717) is 12.1 Å². The summed E-state index contributed by atoms with van der Waals surface area (Å²) < 4.78 is 0.882. The molecule has 4 rings (SSSR count). The molecule has 2 N–H and O–H groups in total. The molecule has 2 aromatic carbocycles. The summed E-state index contributed by atoms with van der Waals surface area (Å²) in [5, 5.41) is 11.7. The smallest absolute Gasteiger partial charge is 0.331 e. The van der Waals surface area contributed by atoms with Crippen LogP contribution in [0.3, 0.4) is 0 Å². The van der Waals surface area contributed by atoms with Gasteiger partial charge in [0.05, 0.1) is 19.2 Å². The van der Waals surface area contributed by atoms with E-state index in [1.807, 2.05) is 36.4 Å². The number of hydrogen-bond donors (Lipinski definition) is 1. The summed E-state index contributed by atoms with van der Waals surface area (Å²) in [5.74, 6) is -0.578. The van der Waals surface area contributed by atoms with Gasteiger partial charge in [0.2, 0.25) is 5.91 Å². The van der Waals surface area contributed by atoms with Crippen molar-refractivity contribution in [3.05, 3.63) is 70.2 Å². The maximum atomic E-state index is 13.6. The second-order valence-corrected chi connectivity index (χ2v) is 9.23. The SMILES string of the molecule is CCC.N#CCN1CC(=O)N2C(CN(Cc3cccc(Br)c3)C(=O)[C@@H]2c2ccccc2)N1C(N)=O. The minimum absolute atomic E-state index is 0.0747. The lowest BCUT2D eigenvalue weighted by Gasteiger charge is -2.54. The number of amides is 4. The highest BCUT2D eigenvalue weighted by Gasteiger charge is 2.51. The predicted molar refractivity (Wildman–Crippen MR) is 134 cm³/mol. The van der Waals surface area contributed by atoms with Crippen LogP contribution in [0.1, 0.15) is 37.4 Å². The highest BCUT2D eigenvalue weighted by Crippen LogP contribution is 2.35. The fraction of sp³-hybridized carbons (Fsp3) is 0.360. The fourth-order valence-corrected chi connectivity index (χ4v) is 4.73. The normalized spacial score (nSPS) is 20.0. The number of halogens is 1. The number of hydrogen-bond acceptors (Lipinski definition) is 5. The molecule has 2 aliphatic heterocycles. The van der Waals surface area contributed by atoms with Crippen molar-refractivity contribution in [3.63, 3.8) is 0 Å². The molecule has 2 heterocycles. The van der Waals surface area contributed by atoms with Gasteiger partial charge in [0, 0.05) is 11.0 Å². The Kier molecular flexibility index (Phi) is 8.84. The van der Waals surface area contributed by atoms with E-state index in [1.165, 1.54) is 21.3 Å². The van der Waals surface area contributed by atoms with E-state index in [-0.39, 0.29) is 31.4 Å². The van der Waals surface area contributed by atoms with Crippen LogP contribution in [0.4, 0.5) is 4.79 Å². The molecule has 0 aromatic heterocycles. The van der Waals surface area contributed by atoms with Crippen molar-refractivity contribution < 1.29 is 14.4 Å². The number of carbonyl (C=O) groups excluding carboxylic acids is 3. The van der Waals surface area contributed by atoms with Gasteiger partial charge in [0.25, 0.3) is 5.91 Å². The Morgan fingerprint density at radius 1 is 1.14 bits per heavy atom. The quantitative estimate of drug-likeness (QED) is 0.598. The van der Waals surface area contributed by atoms with Crippen molar-refractivity contribution in [3.8, 4) is 6.07 Å². The number of nitrogens with zero attached hydrogens (tertiary/aromatic N) is 5. The molecule has 35 heavy (non-hydrogen) atoms. The van der Waals surface area contributed by atoms with Gasteiger partial charge in [-0.2, -0.15) is 10.3 Å². The molecule has 2 saturated heterocycles. The van der Waals surface area contributed by atoms with Crippen LogP contribution in [-0.2, 0) is 16.1 Å². The lowest BCUT2D eigenvalue weighted by Crippen LogP contribution is -2.74. The first kappa shape index (κ1) is 26.2. The lowest BCUT2D eigenvalue weighted by molar-refractivity contribution is -0.189. The Balaban J connectivity index is 0.00000108. The number of benzene rings is 2. The zero-order chi connectivity index (χ0) is 25.5. The molecule has 0 spiro atoms. The first-order chi connectivity index (χ1) is 16.8. The molecule has 0 saturated carbocycles. The third kappa shape index (κ3) is 5.81. The van der Waals surface area contributed by atoms with Crippen LogP contribution in [0.15, 0.2) is 59.1 Å². The number of nitriles is 1. The van der Waals surface area contributed by atoms with Gasteiger partial charge in [-0.3, -0.25) is 9.59 Å². The van der Waals surface area contributed by atoms with Gasteiger partial charge in [0.15, 0.2) is 0 Å². The van der Waals surface area contributed by atoms with E-state index in [1.54, 1.807) is 29.2 Å². The van der Waals surface area contributed by atoms with E-state index in [9.17, 15) is 19.6 Å². The number of carbonyl (C=O) groups is 3. The second-order valence-electron chi connectivity index (χ2n) is 8.31. The van der Waals surface area contributed by atoms with Gasteiger partial charge >= 0.3 is 6.03 Å². The average molecular weight is 541 g/mol. The Morgan fingerprint density at radius 3 is 2.43 bits per heavy atom. The molecule has 2 atom stereocenters. The zero-order valence-electron chi connectivity index (χ0n) is 19.8. The maximum absolute atomic E-state index is 13.6. The van der Waals surface area contributed by atoms with Gasteiger partial charge in [-0.25, -0.2) is 9.80 Å². The Morgan fingerprint density at radius 2 is 1.83 bits per heavy atom. The van der Waals surface area contributed by atoms with Crippen LogP contribution < -0.4 is 5.73 Å². The molecule has 4 amide bonds. The van der Waals surface area contributed by atoms with E-state index in [4.69, 9.17) is 5.73 Å². The van der Waals surface area contributed by atoms with Gasteiger partial charge < -0.3 is 15.5 Å². The van der Waals surface area contributed by atoms with Crippen LogP contribution in [0.25, 0.3) is 0 Å². The summed E-state index contributed by atoms with van der Waals surface area (Å²) in [6, 6.07) is 16.9. The van der Waals surface area contributed by atoms with Gasteiger partial charge in [-0.15, -0.1) is 0 Å². The molecule has 0 aliphatic carbocycles. The third-order valence-electron chi connectivity index (χ3n) is 5.58. The van der Waals surface area contributed by atoms with Crippen LogP contribution in [0, 0.1) is 11.3 Å². The van der Waals surface area contributed by atoms with Crippen molar-refractivity contribution in [2.24, 2.45) is 5.73 Å². The standard InChI is InChI=1S/C22H21BrN6O3.C3H8/c23-17-8-4-5-15(11-17)12-26-13-18-28(20(21(26)31)16-6-2-1-3-7-16)19(30)14-27(10-9-24)29(18)22(25)32;1-3-2/h1-8,11,18,20H,10,12-14H2,(H2,25,32);3H2,1-2H3/t18?,20-;/m0./s1. The summed E-state index contributed by atoms with van der Waals surface area (Å²) in [5.41, 5.74) is 7.21. The summed E-state index contributed by atoms with van der Waals surface area (Å²) in [6.45, 7) is 4.24. The second kappa shape index (κ2) is 11.8. The topological polar surface area (TPSA) is 114 Å². The van der Waals surface area contributed by atoms with E-state index < -0.39 is 18.2 Å². The van der Waals surface area contributed by atoms with Crippen LogP contribution in [0.5, 0.6) is 0 Å². The molecule has 2 fully saturated rings. The molecule has 10 heteroatoms. The molecular weight excluding hydrogens is 512 g/mol. The van der Waals surface area contributed by atoms with Gasteiger partial charge in [-0.05, 0) is 23.3 Å². The van der Waals surface area contributed by atoms with E-state index >= 15 is 0 Å². The minimum Gasteiger partial charge on any atom is -0.350 e.